The van der Waals surface area contributed by atoms with Crippen LogP contribution in [0.5, 0.6) is 0 Å². The van der Waals surface area contributed by atoms with Gasteiger partial charge in [0.1, 0.15) is 0 Å². The predicted molar refractivity (Wildman–Crippen MR) is 76.8 cm³/mol. The van der Waals surface area contributed by atoms with E-state index in [1.165, 1.54) is 5.56 Å². The second kappa shape index (κ2) is 7.31. The van der Waals surface area contributed by atoms with E-state index in [4.69, 9.17) is 4.74 Å². The van der Waals surface area contributed by atoms with Gasteiger partial charge in [-0.2, -0.15) is 5.26 Å². The van der Waals surface area contributed by atoms with E-state index in [9.17, 15) is 5.26 Å². The van der Waals surface area contributed by atoms with Gasteiger partial charge in [-0.1, -0.05) is 43.7 Å². The van der Waals surface area contributed by atoms with E-state index in [0.29, 0.717) is 5.92 Å². The van der Waals surface area contributed by atoms with Gasteiger partial charge in [0.05, 0.1) is 18.1 Å². The number of ether oxygens (including phenoxy) is 1. The Kier molecular flexibility index (Phi) is 5.42. The summed E-state index contributed by atoms with van der Waals surface area (Å²) in [6, 6.07) is 13.1. The molecule has 1 fully saturated rings. The number of nitrogens with zero attached hydrogens (tertiary/aromatic N) is 1. The molecule has 0 aromatic heterocycles. The highest BCUT2D eigenvalue weighted by molar-refractivity contribution is 5.20. The second-order valence-corrected chi connectivity index (χ2v) is 5.42. The fourth-order valence-electron chi connectivity index (χ4n) is 2.87. The van der Waals surface area contributed by atoms with Crippen molar-refractivity contribution in [2.24, 2.45) is 5.92 Å². The molecule has 0 saturated heterocycles. The van der Waals surface area contributed by atoms with Crippen molar-refractivity contribution in [1.29, 1.82) is 5.26 Å². The van der Waals surface area contributed by atoms with Crippen LogP contribution in [0, 0.1) is 17.2 Å². The van der Waals surface area contributed by atoms with Gasteiger partial charge in [-0.3, -0.25) is 0 Å². The minimum absolute atomic E-state index is 0.0804. The van der Waals surface area contributed by atoms with Crippen molar-refractivity contribution in [3.63, 3.8) is 0 Å². The maximum absolute atomic E-state index is 9.24. The lowest BCUT2D eigenvalue weighted by Crippen LogP contribution is -2.30. The van der Waals surface area contributed by atoms with E-state index in [1.807, 2.05) is 0 Å². The van der Waals surface area contributed by atoms with E-state index in [0.717, 1.165) is 38.7 Å². The zero-order chi connectivity index (χ0) is 13.5. The Morgan fingerprint density at radius 2 is 2.05 bits per heavy atom. The van der Waals surface area contributed by atoms with Gasteiger partial charge in [0.2, 0.25) is 0 Å². The van der Waals surface area contributed by atoms with Gasteiger partial charge in [-0.15, -0.1) is 0 Å². The molecule has 0 N–H and O–H groups in total. The molecule has 2 rings (SSSR count). The highest BCUT2D eigenvalue weighted by Crippen LogP contribution is 2.37. The molecule has 0 heterocycles. The lowest BCUT2D eigenvalue weighted by molar-refractivity contribution is -0.000982. The molecule has 19 heavy (non-hydrogen) atoms. The Morgan fingerprint density at radius 3 is 2.74 bits per heavy atom. The third kappa shape index (κ3) is 3.81. The molecule has 0 spiro atoms. The summed E-state index contributed by atoms with van der Waals surface area (Å²) in [5.41, 5.74) is 1.39. The topological polar surface area (TPSA) is 33.0 Å². The van der Waals surface area contributed by atoms with Gasteiger partial charge >= 0.3 is 0 Å². The average molecular weight is 257 g/mol. The molecule has 0 aliphatic heterocycles. The molecule has 0 amide bonds. The number of nitriles is 1. The Labute approximate surface area is 116 Å². The maximum atomic E-state index is 9.24. The SMILES string of the molecule is CCCCOC1CC(c2ccccc2)CCC1C#N. The first-order valence-corrected chi connectivity index (χ1v) is 7.41. The summed E-state index contributed by atoms with van der Waals surface area (Å²) in [4.78, 5) is 0. The minimum Gasteiger partial charge on any atom is -0.377 e. The van der Waals surface area contributed by atoms with Crippen molar-refractivity contribution in [2.75, 3.05) is 6.61 Å². The van der Waals surface area contributed by atoms with E-state index < -0.39 is 0 Å². The first-order chi connectivity index (χ1) is 9.35. The normalized spacial score (nSPS) is 26.8. The van der Waals surface area contributed by atoms with Crippen molar-refractivity contribution in [3.05, 3.63) is 35.9 Å². The van der Waals surface area contributed by atoms with E-state index in [-0.39, 0.29) is 12.0 Å². The molecule has 0 radical (unpaired) electrons. The van der Waals surface area contributed by atoms with E-state index in [2.05, 4.69) is 43.3 Å². The molecule has 1 aliphatic carbocycles. The molecule has 102 valence electrons. The fraction of sp³-hybridized carbons (Fsp3) is 0.588. The number of hydrogen-bond donors (Lipinski definition) is 0. The molecule has 2 heteroatoms. The third-order valence-electron chi connectivity index (χ3n) is 4.06. The molecule has 0 bridgehead atoms. The van der Waals surface area contributed by atoms with Crippen LogP contribution < -0.4 is 0 Å². The Bertz CT molecular complexity index is 409. The first kappa shape index (κ1) is 14.1. The molecule has 3 unspecified atom stereocenters. The summed E-state index contributed by atoms with van der Waals surface area (Å²) >= 11 is 0. The molecule has 1 aromatic rings. The number of rotatable bonds is 5. The highest BCUT2D eigenvalue weighted by Gasteiger charge is 2.31. The first-order valence-electron chi connectivity index (χ1n) is 7.41. The smallest absolute Gasteiger partial charge is 0.0739 e. The standard InChI is InChI=1S/C17H23NO/c1-2-3-11-19-17-12-15(9-10-16(17)13-18)14-7-5-4-6-8-14/h4-8,15-17H,2-3,9-12H2,1H3. The van der Waals surface area contributed by atoms with Gasteiger partial charge in [0.25, 0.3) is 0 Å². The quantitative estimate of drug-likeness (QED) is 0.738. The van der Waals surface area contributed by atoms with Crippen LogP contribution in [-0.2, 0) is 4.74 Å². The summed E-state index contributed by atoms with van der Waals surface area (Å²) in [6.45, 7) is 2.96. The van der Waals surface area contributed by atoms with Gasteiger partial charge in [0, 0.05) is 6.61 Å². The van der Waals surface area contributed by atoms with Crippen molar-refractivity contribution in [1.82, 2.24) is 0 Å². The summed E-state index contributed by atoms with van der Waals surface area (Å²) < 4.78 is 5.96. The molecule has 3 atom stereocenters. The van der Waals surface area contributed by atoms with Crippen molar-refractivity contribution in [3.8, 4) is 6.07 Å². The molecule has 1 aromatic carbocycles. The summed E-state index contributed by atoms with van der Waals surface area (Å²) in [6.07, 6.45) is 5.42. The number of unbranched alkanes of at least 4 members (excludes halogenated alkanes) is 1. The summed E-state index contributed by atoms with van der Waals surface area (Å²) in [5, 5.41) is 9.24. The van der Waals surface area contributed by atoms with Crippen LogP contribution in [0.2, 0.25) is 0 Å². The minimum atomic E-state index is 0.0804. The largest absolute Gasteiger partial charge is 0.377 e. The van der Waals surface area contributed by atoms with E-state index in [1.54, 1.807) is 0 Å². The van der Waals surface area contributed by atoms with Crippen LogP contribution in [0.25, 0.3) is 0 Å². The van der Waals surface area contributed by atoms with Crippen LogP contribution in [0.4, 0.5) is 0 Å². The zero-order valence-electron chi connectivity index (χ0n) is 11.7. The van der Waals surface area contributed by atoms with Gasteiger partial charge in [-0.05, 0) is 37.2 Å². The van der Waals surface area contributed by atoms with Crippen molar-refractivity contribution in [2.45, 2.75) is 51.0 Å². The van der Waals surface area contributed by atoms with Crippen LogP contribution >= 0.6 is 0 Å². The van der Waals surface area contributed by atoms with Crippen LogP contribution in [0.15, 0.2) is 30.3 Å². The zero-order valence-corrected chi connectivity index (χ0v) is 11.7. The van der Waals surface area contributed by atoms with Crippen LogP contribution in [-0.4, -0.2) is 12.7 Å². The lowest BCUT2D eigenvalue weighted by Gasteiger charge is -2.33. The Balaban J connectivity index is 1.97. The maximum Gasteiger partial charge on any atom is 0.0739 e. The second-order valence-electron chi connectivity index (χ2n) is 5.42. The summed E-state index contributed by atoms with van der Waals surface area (Å²) in [7, 11) is 0. The van der Waals surface area contributed by atoms with Gasteiger partial charge in [0.15, 0.2) is 0 Å². The van der Waals surface area contributed by atoms with Crippen molar-refractivity contribution >= 4 is 0 Å². The number of benzene rings is 1. The number of hydrogen-bond acceptors (Lipinski definition) is 2. The van der Waals surface area contributed by atoms with Crippen molar-refractivity contribution < 1.29 is 4.74 Å². The Hall–Kier alpha value is -1.33. The average Bonchev–Trinajstić information content (AvgIpc) is 2.48. The molecule has 2 nitrogen and oxygen atoms in total. The third-order valence-corrected chi connectivity index (χ3v) is 4.06. The van der Waals surface area contributed by atoms with Crippen LogP contribution in [0.3, 0.4) is 0 Å². The Morgan fingerprint density at radius 1 is 1.26 bits per heavy atom. The predicted octanol–water partition coefficient (Wildman–Crippen LogP) is 4.28. The fourth-order valence-corrected chi connectivity index (χ4v) is 2.87. The monoisotopic (exact) mass is 257 g/mol. The highest BCUT2D eigenvalue weighted by atomic mass is 16.5. The molecular formula is C17H23NO. The van der Waals surface area contributed by atoms with Crippen LogP contribution in [0.1, 0.15) is 50.5 Å². The molecular weight excluding hydrogens is 234 g/mol. The molecule has 1 saturated carbocycles. The summed E-state index contributed by atoms with van der Waals surface area (Å²) in [5.74, 6) is 0.634. The van der Waals surface area contributed by atoms with Gasteiger partial charge < -0.3 is 4.74 Å². The lowest BCUT2D eigenvalue weighted by atomic mass is 9.77. The molecule has 1 aliphatic rings. The van der Waals surface area contributed by atoms with Gasteiger partial charge in [-0.25, -0.2) is 0 Å². The van der Waals surface area contributed by atoms with E-state index >= 15 is 0 Å².